The maximum atomic E-state index is 4.12. The first kappa shape index (κ1) is 16.6. The van der Waals surface area contributed by atoms with Crippen molar-refractivity contribution >= 4 is 18.1 Å². The SMILES string of the molecule is Cl.c1ccc(-c2ccc3c(c2)CNCCN3Cc2cnc[nH]2)cc1. The van der Waals surface area contributed by atoms with Gasteiger partial charge < -0.3 is 15.2 Å². The summed E-state index contributed by atoms with van der Waals surface area (Å²) in [7, 11) is 0. The second kappa shape index (κ2) is 7.51. The zero-order valence-electron chi connectivity index (χ0n) is 13.4. The van der Waals surface area contributed by atoms with Crippen LogP contribution in [-0.2, 0) is 13.1 Å². The highest BCUT2D eigenvalue weighted by atomic mass is 35.5. The van der Waals surface area contributed by atoms with E-state index in [1.165, 1.54) is 22.4 Å². The third-order valence-corrected chi connectivity index (χ3v) is 4.32. The van der Waals surface area contributed by atoms with Crippen LogP contribution < -0.4 is 10.2 Å². The Balaban J connectivity index is 0.00000169. The Bertz CT molecular complexity index is 771. The largest absolute Gasteiger partial charge is 0.364 e. The number of anilines is 1. The summed E-state index contributed by atoms with van der Waals surface area (Å²) in [6, 6.07) is 17.3. The normalized spacial score (nSPS) is 13.8. The van der Waals surface area contributed by atoms with Crippen LogP contribution in [-0.4, -0.2) is 23.1 Å². The Labute approximate surface area is 148 Å². The van der Waals surface area contributed by atoms with Crippen molar-refractivity contribution in [2.45, 2.75) is 13.1 Å². The Hall–Kier alpha value is -2.30. The van der Waals surface area contributed by atoms with Crippen LogP contribution in [0.25, 0.3) is 11.1 Å². The first-order valence-corrected chi connectivity index (χ1v) is 8.01. The maximum Gasteiger partial charge on any atom is 0.0922 e. The van der Waals surface area contributed by atoms with Gasteiger partial charge in [0.1, 0.15) is 0 Å². The second-order valence-corrected chi connectivity index (χ2v) is 5.88. The summed E-state index contributed by atoms with van der Waals surface area (Å²) in [5.74, 6) is 0. The minimum atomic E-state index is 0. The lowest BCUT2D eigenvalue weighted by molar-refractivity contribution is 0.685. The fraction of sp³-hybridized carbons (Fsp3) is 0.211. The van der Waals surface area contributed by atoms with Gasteiger partial charge in [-0.2, -0.15) is 0 Å². The van der Waals surface area contributed by atoms with Crippen molar-refractivity contribution in [2.75, 3.05) is 18.0 Å². The fourth-order valence-corrected chi connectivity index (χ4v) is 3.14. The molecule has 0 atom stereocenters. The molecule has 0 radical (unpaired) electrons. The van der Waals surface area contributed by atoms with Gasteiger partial charge >= 0.3 is 0 Å². The van der Waals surface area contributed by atoms with E-state index in [9.17, 15) is 0 Å². The summed E-state index contributed by atoms with van der Waals surface area (Å²) in [5, 5.41) is 3.52. The number of hydrogen-bond donors (Lipinski definition) is 2. The molecule has 0 saturated carbocycles. The molecule has 0 bridgehead atoms. The molecule has 4 nitrogen and oxygen atoms in total. The zero-order valence-corrected chi connectivity index (χ0v) is 14.2. The second-order valence-electron chi connectivity index (χ2n) is 5.88. The van der Waals surface area contributed by atoms with Crippen molar-refractivity contribution in [3.05, 3.63) is 72.3 Å². The highest BCUT2D eigenvalue weighted by Gasteiger charge is 2.16. The molecule has 0 amide bonds. The van der Waals surface area contributed by atoms with Crippen LogP contribution in [0.1, 0.15) is 11.3 Å². The van der Waals surface area contributed by atoms with Crippen LogP contribution in [0.3, 0.4) is 0 Å². The van der Waals surface area contributed by atoms with Crippen molar-refractivity contribution in [1.29, 1.82) is 0 Å². The van der Waals surface area contributed by atoms with Crippen LogP contribution in [0.15, 0.2) is 61.1 Å². The van der Waals surface area contributed by atoms with E-state index < -0.39 is 0 Å². The Kier molecular flexibility index (Phi) is 5.18. The van der Waals surface area contributed by atoms with Crippen molar-refractivity contribution in [3.63, 3.8) is 0 Å². The molecular formula is C19H21ClN4. The van der Waals surface area contributed by atoms with Crippen molar-refractivity contribution in [2.24, 2.45) is 0 Å². The number of imidazole rings is 1. The van der Waals surface area contributed by atoms with E-state index in [-0.39, 0.29) is 12.4 Å². The molecule has 5 heteroatoms. The van der Waals surface area contributed by atoms with E-state index in [0.717, 1.165) is 31.9 Å². The van der Waals surface area contributed by atoms with E-state index in [2.05, 4.69) is 68.7 Å². The maximum absolute atomic E-state index is 4.12. The number of fused-ring (bicyclic) bond motifs is 1. The van der Waals surface area contributed by atoms with E-state index in [1.807, 2.05) is 6.20 Å². The number of aromatic amines is 1. The lowest BCUT2D eigenvalue weighted by atomic mass is 10.0. The van der Waals surface area contributed by atoms with Crippen LogP contribution in [0.2, 0.25) is 0 Å². The average molecular weight is 341 g/mol. The van der Waals surface area contributed by atoms with Gasteiger partial charge in [-0.1, -0.05) is 36.4 Å². The van der Waals surface area contributed by atoms with Crippen LogP contribution in [0.5, 0.6) is 0 Å². The number of hydrogen-bond acceptors (Lipinski definition) is 3. The smallest absolute Gasteiger partial charge is 0.0922 e. The van der Waals surface area contributed by atoms with Crippen LogP contribution in [0, 0.1) is 0 Å². The molecule has 2 N–H and O–H groups in total. The molecule has 1 aliphatic heterocycles. The number of nitrogens with one attached hydrogen (secondary N) is 2. The van der Waals surface area contributed by atoms with Gasteiger partial charge in [-0.25, -0.2) is 4.98 Å². The van der Waals surface area contributed by atoms with Gasteiger partial charge in [0.05, 0.1) is 18.6 Å². The molecule has 0 fully saturated rings. The summed E-state index contributed by atoms with van der Waals surface area (Å²) in [4.78, 5) is 9.74. The van der Waals surface area contributed by atoms with Gasteiger partial charge in [-0.15, -0.1) is 12.4 Å². The van der Waals surface area contributed by atoms with Gasteiger partial charge in [0.15, 0.2) is 0 Å². The van der Waals surface area contributed by atoms with E-state index in [1.54, 1.807) is 6.33 Å². The van der Waals surface area contributed by atoms with Crippen LogP contribution >= 0.6 is 12.4 Å². The fourth-order valence-electron chi connectivity index (χ4n) is 3.14. The molecule has 0 unspecified atom stereocenters. The predicted octanol–water partition coefficient (Wildman–Crippen LogP) is 3.61. The minimum Gasteiger partial charge on any atom is -0.364 e. The predicted molar refractivity (Wildman–Crippen MR) is 100 cm³/mol. The van der Waals surface area contributed by atoms with Gasteiger partial charge in [-0.3, -0.25) is 0 Å². The molecule has 24 heavy (non-hydrogen) atoms. The molecule has 0 spiro atoms. The molecule has 1 aromatic heterocycles. The third-order valence-electron chi connectivity index (χ3n) is 4.32. The lowest BCUT2D eigenvalue weighted by Gasteiger charge is -2.24. The Morgan fingerprint density at radius 2 is 1.92 bits per heavy atom. The average Bonchev–Trinajstić information content (AvgIpc) is 3.03. The molecular weight excluding hydrogens is 320 g/mol. The number of halogens is 1. The molecule has 3 aromatic rings. The van der Waals surface area contributed by atoms with E-state index in [0.29, 0.717) is 0 Å². The molecule has 4 rings (SSSR count). The summed E-state index contributed by atoms with van der Waals surface area (Å²) in [5.41, 5.74) is 6.34. The zero-order chi connectivity index (χ0) is 15.5. The highest BCUT2D eigenvalue weighted by molar-refractivity contribution is 5.85. The molecule has 0 saturated heterocycles. The number of benzene rings is 2. The van der Waals surface area contributed by atoms with Crippen molar-refractivity contribution in [1.82, 2.24) is 15.3 Å². The molecule has 2 heterocycles. The standard InChI is InChI=1S/C19H20N4.ClH/c1-2-4-15(5-3-1)16-6-7-19-17(10-16)11-20-8-9-23(19)13-18-12-21-14-22-18;/h1-7,10,12,14,20H,8-9,11,13H2,(H,21,22);1H. The van der Waals surface area contributed by atoms with Crippen LogP contribution in [0.4, 0.5) is 5.69 Å². The quantitative estimate of drug-likeness (QED) is 0.765. The Morgan fingerprint density at radius 1 is 1.04 bits per heavy atom. The number of aromatic nitrogens is 2. The lowest BCUT2D eigenvalue weighted by Crippen LogP contribution is -2.28. The van der Waals surface area contributed by atoms with Gasteiger partial charge in [0.25, 0.3) is 0 Å². The van der Waals surface area contributed by atoms with E-state index >= 15 is 0 Å². The van der Waals surface area contributed by atoms with Crippen molar-refractivity contribution < 1.29 is 0 Å². The monoisotopic (exact) mass is 340 g/mol. The summed E-state index contributed by atoms with van der Waals surface area (Å²) >= 11 is 0. The third kappa shape index (κ3) is 3.45. The number of rotatable bonds is 3. The molecule has 1 aliphatic rings. The topological polar surface area (TPSA) is 44.0 Å². The summed E-state index contributed by atoms with van der Waals surface area (Å²) in [6.45, 7) is 3.76. The number of H-pyrrole nitrogens is 1. The van der Waals surface area contributed by atoms with Gasteiger partial charge in [0.2, 0.25) is 0 Å². The molecule has 2 aromatic carbocycles. The first-order chi connectivity index (χ1) is 11.4. The summed E-state index contributed by atoms with van der Waals surface area (Å²) < 4.78 is 0. The van der Waals surface area contributed by atoms with Gasteiger partial charge in [-0.05, 0) is 28.8 Å². The minimum absolute atomic E-state index is 0. The molecule has 0 aliphatic carbocycles. The Morgan fingerprint density at radius 3 is 2.71 bits per heavy atom. The number of nitrogens with zero attached hydrogens (tertiary/aromatic N) is 2. The van der Waals surface area contributed by atoms with E-state index in [4.69, 9.17) is 0 Å². The van der Waals surface area contributed by atoms with Crippen molar-refractivity contribution in [3.8, 4) is 11.1 Å². The first-order valence-electron chi connectivity index (χ1n) is 8.01. The summed E-state index contributed by atoms with van der Waals surface area (Å²) in [6.07, 6.45) is 3.64. The van der Waals surface area contributed by atoms with Gasteiger partial charge in [0, 0.05) is 31.5 Å². The molecule has 124 valence electrons. The highest BCUT2D eigenvalue weighted by Crippen LogP contribution is 2.29.